The van der Waals surface area contributed by atoms with Crippen LogP contribution >= 0.6 is 0 Å². The molecule has 0 heterocycles. The van der Waals surface area contributed by atoms with Gasteiger partial charge in [-0.3, -0.25) is 10.9 Å². The fourth-order valence-corrected chi connectivity index (χ4v) is 0.323. The highest BCUT2D eigenvalue weighted by Crippen LogP contribution is 1.63. The van der Waals surface area contributed by atoms with Crippen LogP contribution in [0.15, 0.2) is 20.4 Å². The first-order valence-electron chi connectivity index (χ1n) is 3.35. The van der Waals surface area contributed by atoms with Gasteiger partial charge in [-0.2, -0.15) is 0 Å². The summed E-state index contributed by atoms with van der Waals surface area (Å²) in [5.41, 5.74) is 24.8. The van der Waals surface area contributed by atoms with E-state index in [1.807, 2.05) is 0 Å². The van der Waals surface area contributed by atoms with Gasteiger partial charge in [0.05, 0.1) is 0 Å². The zero-order valence-electron chi connectivity index (χ0n) is 7.25. The van der Waals surface area contributed by atoms with E-state index in [2.05, 4.69) is 31.3 Å². The van der Waals surface area contributed by atoms with Crippen molar-refractivity contribution in [2.75, 3.05) is 0 Å². The molecule has 0 amide bonds. The van der Waals surface area contributed by atoms with Crippen LogP contribution in [0.1, 0.15) is 0 Å². The molecule has 0 aliphatic carbocycles. The maximum atomic E-state index is 4.98. The highest BCUT2D eigenvalue weighted by atomic mass is 15.4. The van der Waals surface area contributed by atoms with E-state index in [1.165, 1.54) is 12.7 Å². The van der Waals surface area contributed by atoms with E-state index in [0.717, 1.165) is 0 Å². The molecule has 0 atom stereocenters. The van der Waals surface area contributed by atoms with Gasteiger partial charge in [0, 0.05) is 0 Å². The quantitative estimate of drug-likeness (QED) is 0.116. The Hall–Kier alpha value is -2.52. The predicted octanol–water partition coefficient (Wildman–Crippen LogP) is -3.49. The summed E-state index contributed by atoms with van der Waals surface area (Å²) in [5, 5.41) is 13.4. The van der Waals surface area contributed by atoms with Crippen molar-refractivity contribution in [3.63, 3.8) is 0 Å². The third-order valence-corrected chi connectivity index (χ3v) is 0.674. The third-order valence-electron chi connectivity index (χ3n) is 0.674. The van der Waals surface area contributed by atoms with E-state index in [-0.39, 0.29) is 11.9 Å². The van der Waals surface area contributed by atoms with Crippen LogP contribution in [0.3, 0.4) is 0 Å². The molecule has 0 radical (unpaired) electrons. The van der Waals surface area contributed by atoms with E-state index in [0.29, 0.717) is 0 Å². The van der Waals surface area contributed by atoms with Gasteiger partial charge in [0.1, 0.15) is 12.7 Å². The zero-order chi connectivity index (χ0) is 10.8. The molecule has 0 saturated heterocycles. The van der Waals surface area contributed by atoms with Crippen molar-refractivity contribution in [3.05, 3.63) is 0 Å². The van der Waals surface area contributed by atoms with E-state index in [1.54, 1.807) is 0 Å². The van der Waals surface area contributed by atoms with Crippen molar-refractivity contribution in [2.45, 2.75) is 0 Å². The molecule has 78 valence electrons. The Labute approximate surface area is 79.8 Å². The Morgan fingerprint density at radius 3 is 1.43 bits per heavy atom. The van der Waals surface area contributed by atoms with Crippen LogP contribution in [0.5, 0.6) is 0 Å². The molecule has 0 aromatic carbocycles. The Morgan fingerprint density at radius 2 is 1.14 bits per heavy atom. The van der Waals surface area contributed by atoms with Gasteiger partial charge in [0.25, 0.3) is 0 Å². The molecular weight excluding hydrogens is 188 g/mol. The minimum absolute atomic E-state index is 0.141. The van der Waals surface area contributed by atoms with E-state index in [4.69, 9.17) is 22.9 Å². The standard InChI is InChI=1S/C4H12N10/c5-3(6)13-11-1-9-10-2-12-14-4(7)8/h1-2H,(H,9,11)(H,10,12)(H4,5,6,13)(H4,7,8,14). The van der Waals surface area contributed by atoms with E-state index in [9.17, 15) is 0 Å². The molecule has 0 bridgehead atoms. The van der Waals surface area contributed by atoms with Crippen LogP contribution in [0, 0.1) is 0 Å². The molecule has 0 fully saturated rings. The summed E-state index contributed by atoms with van der Waals surface area (Å²) in [6.45, 7) is 0. The minimum atomic E-state index is -0.141. The summed E-state index contributed by atoms with van der Waals surface area (Å²) >= 11 is 0. The predicted molar refractivity (Wildman–Crippen MR) is 54.9 cm³/mol. The van der Waals surface area contributed by atoms with Crippen molar-refractivity contribution >= 4 is 24.6 Å². The third kappa shape index (κ3) is 9.48. The molecule has 0 rings (SSSR count). The average molecular weight is 200 g/mol. The zero-order valence-corrected chi connectivity index (χ0v) is 7.25. The number of nitrogens with one attached hydrogen (secondary N) is 2. The number of guanidine groups is 2. The first-order valence-corrected chi connectivity index (χ1v) is 3.35. The van der Waals surface area contributed by atoms with Crippen molar-refractivity contribution < 1.29 is 0 Å². The fourth-order valence-electron chi connectivity index (χ4n) is 0.323. The van der Waals surface area contributed by atoms with E-state index < -0.39 is 0 Å². The topological polar surface area (TPSA) is 178 Å². The fraction of sp³-hybridized carbons (Fsp3) is 0. The largest absolute Gasteiger partial charge is 0.369 e. The highest BCUT2D eigenvalue weighted by Gasteiger charge is 1.74. The van der Waals surface area contributed by atoms with Crippen LogP contribution in [0.4, 0.5) is 0 Å². The van der Waals surface area contributed by atoms with Crippen molar-refractivity contribution in [1.29, 1.82) is 0 Å². The van der Waals surface area contributed by atoms with Crippen LogP contribution in [0.2, 0.25) is 0 Å². The van der Waals surface area contributed by atoms with Crippen molar-refractivity contribution in [2.24, 2.45) is 43.3 Å². The minimum Gasteiger partial charge on any atom is -0.369 e. The molecular formula is C4H12N10. The summed E-state index contributed by atoms with van der Waals surface area (Å²) in [7, 11) is 0. The van der Waals surface area contributed by atoms with Crippen molar-refractivity contribution in [1.82, 2.24) is 10.9 Å². The molecule has 14 heavy (non-hydrogen) atoms. The summed E-state index contributed by atoms with van der Waals surface area (Å²) in [4.78, 5) is 0. The summed E-state index contributed by atoms with van der Waals surface area (Å²) in [6.07, 6.45) is 2.39. The second-order valence-electron chi connectivity index (χ2n) is 1.83. The SMILES string of the molecule is NC(N)=NN=CNNC=NN=C(N)N. The second-order valence-corrected chi connectivity index (χ2v) is 1.83. The lowest BCUT2D eigenvalue weighted by Crippen LogP contribution is -2.29. The highest BCUT2D eigenvalue weighted by molar-refractivity contribution is 5.76. The lowest BCUT2D eigenvalue weighted by Gasteiger charge is -1.93. The molecule has 10 nitrogen and oxygen atoms in total. The number of hydrogen-bond donors (Lipinski definition) is 6. The number of rotatable bonds is 5. The molecule has 10 heteroatoms. The van der Waals surface area contributed by atoms with Crippen LogP contribution in [-0.2, 0) is 0 Å². The molecule has 0 aliphatic heterocycles. The Bertz CT molecular complexity index is 225. The Morgan fingerprint density at radius 1 is 0.786 bits per heavy atom. The first kappa shape index (κ1) is 11.5. The molecule has 0 aromatic heterocycles. The lowest BCUT2D eigenvalue weighted by molar-refractivity contribution is 0.888. The number of nitrogens with zero attached hydrogens (tertiary/aromatic N) is 4. The monoisotopic (exact) mass is 200 g/mol. The molecule has 0 spiro atoms. The molecule has 0 aromatic rings. The Kier molecular flexibility index (Phi) is 5.86. The maximum Gasteiger partial charge on any atom is 0.211 e. The van der Waals surface area contributed by atoms with Gasteiger partial charge in [0.15, 0.2) is 0 Å². The first-order chi connectivity index (χ1) is 6.63. The van der Waals surface area contributed by atoms with Crippen LogP contribution < -0.4 is 33.8 Å². The van der Waals surface area contributed by atoms with Gasteiger partial charge in [-0.25, -0.2) is 0 Å². The Balaban J connectivity index is 3.57. The van der Waals surface area contributed by atoms with Gasteiger partial charge in [0.2, 0.25) is 11.9 Å². The number of hydrazine groups is 1. The smallest absolute Gasteiger partial charge is 0.211 e. The van der Waals surface area contributed by atoms with Gasteiger partial charge in [-0.05, 0) is 0 Å². The van der Waals surface area contributed by atoms with Crippen LogP contribution in [0.25, 0.3) is 0 Å². The number of nitrogens with two attached hydrogens (primary N) is 4. The van der Waals surface area contributed by atoms with Gasteiger partial charge >= 0.3 is 0 Å². The summed E-state index contributed by atoms with van der Waals surface area (Å²) < 4.78 is 0. The van der Waals surface area contributed by atoms with Gasteiger partial charge in [-0.1, -0.05) is 0 Å². The van der Waals surface area contributed by atoms with E-state index >= 15 is 0 Å². The summed E-state index contributed by atoms with van der Waals surface area (Å²) in [6, 6.07) is 0. The molecule has 10 N–H and O–H groups in total. The second kappa shape index (κ2) is 7.15. The maximum absolute atomic E-state index is 4.98. The average Bonchev–Trinajstić information content (AvgIpc) is 2.08. The molecule has 0 unspecified atom stereocenters. The molecule has 0 saturated carbocycles. The lowest BCUT2D eigenvalue weighted by atomic mass is 11.1. The number of hydrogen-bond acceptors (Lipinski definition) is 4. The molecule has 0 aliphatic rings. The summed E-state index contributed by atoms with van der Waals surface area (Å²) in [5.74, 6) is -0.283. The van der Waals surface area contributed by atoms with Gasteiger partial charge in [-0.15, -0.1) is 20.4 Å². The van der Waals surface area contributed by atoms with Crippen LogP contribution in [-0.4, -0.2) is 24.6 Å². The van der Waals surface area contributed by atoms with Crippen molar-refractivity contribution in [3.8, 4) is 0 Å². The normalized spacial score (nSPS) is 10.0. The van der Waals surface area contributed by atoms with Gasteiger partial charge < -0.3 is 22.9 Å².